The molecule has 1 atom stereocenters. The van der Waals surface area contributed by atoms with Crippen LogP contribution in [0.1, 0.15) is 36.5 Å². The Bertz CT molecular complexity index is 413. The molecule has 1 aliphatic carbocycles. The molecule has 0 aromatic heterocycles. The summed E-state index contributed by atoms with van der Waals surface area (Å²) in [6.07, 6.45) is 4.02. The molecule has 1 aromatic carbocycles. The Morgan fingerprint density at radius 3 is 3.00 bits per heavy atom. The van der Waals surface area contributed by atoms with Crippen molar-refractivity contribution in [1.82, 2.24) is 0 Å². The van der Waals surface area contributed by atoms with Gasteiger partial charge in [0.15, 0.2) is 0 Å². The van der Waals surface area contributed by atoms with Gasteiger partial charge in [-0.1, -0.05) is 28.8 Å². The molecule has 0 bridgehead atoms. The minimum atomic E-state index is -0.364. The minimum Gasteiger partial charge on any atom is -0.493 e. The molecular weight excluding hydrogens is 268 g/mol. The van der Waals surface area contributed by atoms with Gasteiger partial charge in [-0.3, -0.25) is 0 Å². The Hall–Kier alpha value is -0.540. The van der Waals surface area contributed by atoms with Gasteiger partial charge < -0.3 is 9.84 Å². The van der Waals surface area contributed by atoms with Crippen molar-refractivity contribution in [3.63, 3.8) is 0 Å². The number of hydrogen-bond acceptors (Lipinski definition) is 2. The van der Waals surface area contributed by atoms with Crippen LogP contribution in [0.4, 0.5) is 0 Å². The summed E-state index contributed by atoms with van der Waals surface area (Å²) in [5.41, 5.74) is 2.19. The zero-order chi connectivity index (χ0) is 11.1. The van der Waals surface area contributed by atoms with E-state index in [1.54, 1.807) is 0 Å². The molecule has 16 heavy (non-hydrogen) atoms. The van der Waals surface area contributed by atoms with Gasteiger partial charge in [0.05, 0.1) is 12.7 Å². The molecule has 0 amide bonds. The molecule has 0 radical (unpaired) electrons. The van der Waals surface area contributed by atoms with Gasteiger partial charge in [0.1, 0.15) is 5.75 Å². The van der Waals surface area contributed by atoms with E-state index < -0.39 is 0 Å². The number of aliphatic hydroxyl groups is 1. The lowest BCUT2D eigenvalue weighted by atomic mass is 10.00. The van der Waals surface area contributed by atoms with Crippen LogP contribution in [-0.2, 0) is 6.42 Å². The fraction of sp³-hybridized carbons (Fsp3) is 0.538. The van der Waals surface area contributed by atoms with Crippen molar-refractivity contribution in [2.24, 2.45) is 5.92 Å². The Kier molecular flexibility index (Phi) is 2.68. The normalized spacial score (nSPS) is 20.4. The van der Waals surface area contributed by atoms with Gasteiger partial charge in [0.25, 0.3) is 0 Å². The van der Waals surface area contributed by atoms with Gasteiger partial charge >= 0.3 is 0 Å². The fourth-order valence-electron chi connectivity index (χ4n) is 2.34. The fourth-order valence-corrected chi connectivity index (χ4v) is 2.86. The van der Waals surface area contributed by atoms with Crippen LogP contribution in [0.3, 0.4) is 0 Å². The smallest absolute Gasteiger partial charge is 0.128 e. The molecular formula is C13H15BrO2. The number of fused-ring (bicyclic) bond motifs is 1. The van der Waals surface area contributed by atoms with E-state index in [2.05, 4.69) is 22.0 Å². The van der Waals surface area contributed by atoms with Gasteiger partial charge in [-0.15, -0.1) is 0 Å². The summed E-state index contributed by atoms with van der Waals surface area (Å²) in [5, 5.41) is 10.2. The Labute approximate surface area is 104 Å². The minimum absolute atomic E-state index is 0.364. The second-order valence-electron chi connectivity index (χ2n) is 4.78. The van der Waals surface area contributed by atoms with Crippen molar-refractivity contribution in [3.8, 4) is 5.75 Å². The summed E-state index contributed by atoms with van der Waals surface area (Å²) in [5.74, 6) is 1.65. The lowest BCUT2D eigenvalue weighted by Gasteiger charge is -2.14. The van der Waals surface area contributed by atoms with Crippen LogP contribution in [0.25, 0.3) is 0 Å². The zero-order valence-corrected chi connectivity index (χ0v) is 10.7. The molecule has 1 saturated carbocycles. The predicted octanol–water partition coefficient (Wildman–Crippen LogP) is 3.22. The van der Waals surface area contributed by atoms with Crippen LogP contribution in [0.5, 0.6) is 5.75 Å². The molecule has 2 nitrogen and oxygen atoms in total. The maximum absolute atomic E-state index is 10.2. The largest absolute Gasteiger partial charge is 0.493 e. The lowest BCUT2D eigenvalue weighted by Crippen LogP contribution is -2.01. The molecule has 1 unspecified atom stereocenters. The van der Waals surface area contributed by atoms with E-state index in [-0.39, 0.29) is 6.10 Å². The molecule has 1 N–H and O–H groups in total. The maximum atomic E-state index is 10.2. The second kappa shape index (κ2) is 4.04. The van der Waals surface area contributed by atoms with Crippen LogP contribution in [0.15, 0.2) is 16.6 Å². The first kappa shape index (κ1) is 10.6. The van der Waals surface area contributed by atoms with Crippen LogP contribution < -0.4 is 4.74 Å². The molecule has 1 heterocycles. The summed E-state index contributed by atoms with van der Waals surface area (Å²) >= 11 is 3.50. The summed E-state index contributed by atoms with van der Waals surface area (Å²) in [6, 6.07) is 4.09. The predicted molar refractivity (Wildman–Crippen MR) is 65.6 cm³/mol. The Balaban J connectivity index is 1.92. The van der Waals surface area contributed by atoms with Gasteiger partial charge in [0, 0.05) is 16.5 Å². The van der Waals surface area contributed by atoms with E-state index >= 15 is 0 Å². The number of benzene rings is 1. The van der Waals surface area contributed by atoms with Gasteiger partial charge in [0.2, 0.25) is 0 Å². The second-order valence-corrected chi connectivity index (χ2v) is 5.69. The molecule has 2 aliphatic rings. The number of rotatable bonds is 3. The van der Waals surface area contributed by atoms with E-state index in [9.17, 15) is 5.11 Å². The highest BCUT2D eigenvalue weighted by atomic mass is 79.9. The first-order valence-corrected chi connectivity index (χ1v) is 6.66. The molecule has 3 rings (SSSR count). The zero-order valence-electron chi connectivity index (χ0n) is 9.08. The lowest BCUT2D eigenvalue weighted by molar-refractivity contribution is 0.156. The Morgan fingerprint density at radius 1 is 1.44 bits per heavy atom. The summed E-state index contributed by atoms with van der Waals surface area (Å²) in [6.45, 7) is 0.745. The van der Waals surface area contributed by atoms with Gasteiger partial charge in [-0.2, -0.15) is 0 Å². The SMILES string of the molecule is OC(CC1CC1)c1cc(Br)cc2c1OCC2. The van der Waals surface area contributed by atoms with Crippen molar-refractivity contribution in [1.29, 1.82) is 0 Å². The van der Waals surface area contributed by atoms with E-state index in [0.717, 1.165) is 41.2 Å². The van der Waals surface area contributed by atoms with Crippen LogP contribution in [0.2, 0.25) is 0 Å². The highest BCUT2D eigenvalue weighted by molar-refractivity contribution is 9.10. The van der Waals surface area contributed by atoms with E-state index in [1.807, 2.05) is 6.07 Å². The maximum Gasteiger partial charge on any atom is 0.128 e. The number of aliphatic hydroxyl groups excluding tert-OH is 1. The third kappa shape index (κ3) is 1.98. The van der Waals surface area contributed by atoms with Crippen molar-refractivity contribution < 1.29 is 9.84 Å². The number of hydrogen-bond donors (Lipinski definition) is 1. The highest BCUT2D eigenvalue weighted by Gasteiger charge is 2.28. The topological polar surface area (TPSA) is 29.5 Å². The van der Waals surface area contributed by atoms with Crippen molar-refractivity contribution in [2.75, 3.05) is 6.61 Å². The van der Waals surface area contributed by atoms with E-state index in [1.165, 1.54) is 18.4 Å². The molecule has 1 aliphatic heterocycles. The third-order valence-electron chi connectivity index (χ3n) is 3.39. The number of halogens is 1. The first-order valence-electron chi connectivity index (χ1n) is 5.87. The molecule has 0 saturated heterocycles. The van der Waals surface area contributed by atoms with Crippen molar-refractivity contribution in [2.45, 2.75) is 31.8 Å². The molecule has 86 valence electrons. The average molecular weight is 283 g/mol. The third-order valence-corrected chi connectivity index (χ3v) is 3.85. The van der Waals surface area contributed by atoms with E-state index in [0.29, 0.717) is 0 Å². The summed E-state index contributed by atoms with van der Waals surface area (Å²) < 4.78 is 6.67. The number of ether oxygens (including phenoxy) is 1. The van der Waals surface area contributed by atoms with E-state index in [4.69, 9.17) is 4.74 Å². The standard InChI is InChI=1S/C13H15BrO2/c14-10-6-9-3-4-16-13(9)11(7-10)12(15)5-8-1-2-8/h6-8,12,15H,1-5H2. The van der Waals surface area contributed by atoms with Gasteiger partial charge in [-0.25, -0.2) is 0 Å². The van der Waals surface area contributed by atoms with Crippen LogP contribution in [0, 0.1) is 5.92 Å². The summed E-state index contributed by atoms with van der Waals surface area (Å²) in [7, 11) is 0. The van der Waals surface area contributed by atoms with Crippen LogP contribution in [-0.4, -0.2) is 11.7 Å². The average Bonchev–Trinajstić information content (AvgIpc) is 2.93. The highest BCUT2D eigenvalue weighted by Crippen LogP contribution is 2.42. The quantitative estimate of drug-likeness (QED) is 0.923. The molecule has 1 aromatic rings. The first-order chi connectivity index (χ1) is 7.74. The molecule has 1 fully saturated rings. The van der Waals surface area contributed by atoms with Crippen molar-refractivity contribution >= 4 is 15.9 Å². The molecule has 3 heteroatoms. The van der Waals surface area contributed by atoms with Crippen molar-refractivity contribution in [3.05, 3.63) is 27.7 Å². The van der Waals surface area contributed by atoms with Crippen LogP contribution >= 0.6 is 15.9 Å². The van der Waals surface area contributed by atoms with Gasteiger partial charge in [-0.05, 0) is 30.0 Å². The summed E-state index contributed by atoms with van der Waals surface area (Å²) in [4.78, 5) is 0. The Morgan fingerprint density at radius 2 is 2.25 bits per heavy atom. The molecule has 0 spiro atoms. The monoisotopic (exact) mass is 282 g/mol.